The van der Waals surface area contributed by atoms with Crippen LogP contribution in [-0.4, -0.2) is 76.9 Å². The predicted molar refractivity (Wildman–Crippen MR) is 115 cm³/mol. The predicted octanol–water partition coefficient (Wildman–Crippen LogP) is -1.91. The van der Waals surface area contributed by atoms with E-state index in [9.17, 15) is 24.3 Å². The molecule has 0 aliphatic carbocycles. The largest absolute Gasteiger partial charge is 0.480 e. The van der Waals surface area contributed by atoms with Crippen molar-refractivity contribution in [2.45, 2.75) is 70.6 Å². The first-order chi connectivity index (χ1) is 14.5. The fraction of sp³-hybridized carbons (Fsp3) is 0.737. The second kappa shape index (κ2) is 12.1. The van der Waals surface area contributed by atoms with Crippen LogP contribution >= 0.6 is 0 Å². The summed E-state index contributed by atoms with van der Waals surface area (Å²) in [4.78, 5) is 54.4. The number of amides is 3. The number of carbonyl (C=O) groups excluding carboxylic acids is 3. The van der Waals surface area contributed by atoms with Crippen molar-refractivity contribution in [2.24, 2.45) is 28.1 Å². The lowest BCUT2D eigenvalue weighted by Crippen LogP contribution is -2.56. The molecule has 1 heterocycles. The number of aliphatic imine (C=N–C) groups is 1. The van der Waals surface area contributed by atoms with Crippen molar-refractivity contribution < 1.29 is 24.3 Å². The Kier molecular flexibility index (Phi) is 10.2. The van der Waals surface area contributed by atoms with Crippen LogP contribution in [0.2, 0.25) is 0 Å². The minimum absolute atomic E-state index is 0.0878. The number of aliphatic carboxylic acids is 1. The maximum absolute atomic E-state index is 13.0. The number of nitrogens with two attached hydrogens (primary N) is 3. The first-order valence-corrected chi connectivity index (χ1v) is 10.4. The lowest BCUT2D eigenvalue weighted by atomic mass is 10.0. The van der Waals surface area contributed by atoms with Crippen LogP contribution in [0.25, 0.3) is 0 Å². The van der Waals surface area contributed by atoms with Crippen molar-refractivity contribution in [3.63, 3.8) is 0 Å². The van der Waals surface area contributed by atoms with Crippen molar-refractivity contribution in [1.82, 2.24) is 15.5 Å². The molecule has 0 aromatic heterocycles. The standard InChI is InChI=1S/C19H35N7O5/c1-10(2)14(20)16(28)24-11(3)15(27)25-12(6-4-8-23-19(21)22)17(29)26-9-5-7-13(26)18(30)31/h10-14H,4-9,20H2,1-3H3,(H,24,28)(H,25,27)(H,30,31)(H4,21,22,23). The van der Waals surface area contributed by atoms with Gasteiger partial charge in [0.2, 0.25) is 17.7 Å². The highest BCUT2D eigenvalue weighted by Gasteiger charge is 2.37. The summed E-state index contributed by atoms with van der Waals surface area (Å²) in [7, 11) is 0. The molecule has 1 aliphatic heterocycles. The third-order valence-corrected chi connectivity index (χ3v) is 5.15. The van der Waals surface area contributed by atoms with Crippen LogP contribution in [-0.2, 0) is 19.2 Å². The third-order valence-electron chi connectivity index (χ3n) is 5.15. The van der Waals surface area contributed by atoms with E-state index in [-0.39, 0.29) is 24.8 Å². The van der Waals surface area contributed by atoms with Crippen molar-refractivity contribution in [3.05, 3.63) is 0 Å². The normalized spacial score (nSPS) is 18.7. The fourth-order valence-electron chi connectivity index (χ4n) is 3.22. The number of carboxylic acid groups (broad SMARTS) is 1. The molecular weight excluding hydrogens is 406 g/mol. The Hall–Kier alpha value is -2.89. The van der Waals surface area contributed by atoms with Gasteiger partial charge in [0.25, 0.3) is 0 Å². The van der Waals surface area contributed by atoms with Gasteiger partial charge in [0.15, 0.2) is 5.96 Å². The van der Waals surface area contributed by atoms with Gasteiger partial charge in [-0.3, -0.25) is 19.4 Å². The average molecular weight is 442 g/mol. The van der Waals surface area contributed by atoms with E-state index >= 15 is 0 Å². The zero-order valence-electron chi connectivity index (χ0n) is 18.3. The molecule has 0 aromatic rings. The zero-order valence-corrected chi connectivity index (χ0v) is 18.3. The highest BCUT2D eigenvalue weighted by atomic mass is 16.4. The second-order valence-corrected chi connectivity index (χ2v) is 8.04. The molecule has 9 N–H and O–H groups in total. The van der Waals surface area contributed by atoms with E-state index in [1.54, 1.807) is 13.8 Å². The molecule has 12 heteroatoms. The summed E-state index contributed by atoms with van der Waals surface area (Å²) in [6.45, 7) is 5.60. The minimum Gasteiger partial charge on any atom is -0.480 e. The number of nitrogens with one attached hydrogen (secondary N) is 2. The first-order valence-electron chi connectivity index (χ1n) is 10.4. The van der Waals surface area contributed by atoms with Crippen LogP contribution in [0.5, 0.6) is 0 Å². The Balaban J connectivity index is 2.86. The van der Waals surface area contributed by atoms with Gasteiger partial charge in [0.05, 0.1) is 6.04 Å². The van der Waals surface area contributed by atoms with E-state index < -0.39 is 47.9 Å². The first kappa shape index (κ1) is 26.1. The van der Waals surface area contributed by atoms with Crippen LogP contribution in [0.3, 0.4) is 0 Å². The molecule has 0 bridgehead atoms. The highest BCUT2D eigenvalue weighted by Crippen LogP contribution is 2.19. The smallest absolute Gasteiger partial charge is 0.326 e. The lowest BCUT2D eigenvalue weighted by molar-refractivity contribution is -0.149. The Morgan fingerprint density at radius 2 is 1.77 bits per heavy atom. The number of guanidine groups is 1. The Bertz CT molecular complexity index is 693. The van der Waals surface area contributed by atoms with Gasteiger partial charge >= 0.3 is 5.97 Å². The number of hydrogen-bond acceptors (Lipinski definition) is 6. The quantitative estimate of drug-likeness (QED) is 0.121. The molecule has 12 nitrogen and oxygen atoms in total. The molecule has 4 atom stereocenters. The average Bonchev–Trinajstić information content (AvgIpc) is 3.18. The molecule has 1 rings (SSSR count). The van der Waals surface area contributed by atoms with Gasteiger partial charge in [-0.1, -0.05) is 13.8 Å². The molecule has 0 aromatic carbocycles. The SMILES string of the molecule is CC(NC(=O)C(N)C(C)C)C(=O)NC(CCCN=C(N)N)C(=O)N1CCCC1C(=O)O. The van der Waals surface area contributed by atoms with Gasteiger partial charge in [0.1, 0.15) is 18.1 Å². The molecule has 31 heavy (non-hydrogen) atoms. The van der Waals surface area contributed by atoms with Gasteiger partial charge in [-0.05, 0) is 38.5 Å². The number of nitrogens with zero attached hydrogens (tertiary/aromatic N) is 2. The maximum Gasteiger partial charge on any atom is 0.326 e. The summed E-state index contributed by atoms with van der Waals surface area (Å²) >= 11 is 0. The van der Waals surface area contributed by atoms with E-state index in [0.29, 0.717) is 25.8 Å². The van der Waals surface area contributed by atoms with Crippen LogP contribution < -0.4 is 27.8 Å². The van der Waals surface area contributed by atoms with Gasteiger partial charge in [-0.2, -0.15) is 0 Å². The van der Waals surface area contributed by atoms with Gasteiger partial charge in [0, 0.05) is 13.1 Å². The van der Waals surface area contributed by atoms with Gasteiger partial charge in [-0.15, -0.1) is 0 Å². The molecule has 0 spiro atoms. The molecule has 1 aliphatic rings. The fourth-order valence-corrected chi connectivity index (χ4v) is 3.22. The molecule has 1 saturated heterocycles. The molecule has 3 amide bonds. The minimum atomic E-state index is -1.08. The third kappa shape index (κ3) is 8.04. The topological polar surface area (TPSA) is 206 Å². The van der Waals surface area contributed by atoms with Crippen molar-refractivity contribution in [1.29, 1.82) is 0 Å². The van der Waals surface area contributed by atoms with E-state index in [0.717, 1.165) is 0 Å². The highest BCUT2D eigenvalue weighted by molar-refractivity contribution is 5.94. The van der Waals surface area contributed by atoms with E-state index in [1.165, 1.54) is 11.8 Å². The van der Waals surface area contributed by atoms with Gasteiger partial charge < -0.3 is 37.8 Å². The van der Waals surface area contributed by atoms with E-state index in [4.69, 9.17) is 17.2 Å². The summed E-state index contributed by atoms with van der Waals surface area (Å²) in [6, 6.07) is -3.60. The molecule has 0 radical (unpaired) electrons. The van der Waals surface area contributed by atoms with Gasteiger partial charge in [-0.25, -0.2) is 4.79 Å². The summed E-state index contributed by atoms with van der Waals surface area (Å²) in [5.74, 6) is -2.81. The molecular formula is C19H35N7O5. The maximum atomic E-state index is 13.0. The van der Waals surface area contributed by atoms with Crippen molar-refractivity contribution in [2.75, 3.05) is 13.1 Å². The number of carboxylic acids is 1. The van der Waals surface area contributed by atoms with E-state index in [1.807, 2.05) is 0 Å². The summed E-state index contributed by atoms with van der Waals surface area (Å²) < 4.78 is 0. The lowest BCUT2D eigenvalue weighted by Gasteiger charge is -2.28. The number of carbonyl (C=O) groups is 4. The van der Waals surface area contributed by atoms with Crippen LogP contribution in [0.4, 0.5) is 0 Å². The number of rotatable bonds is 11. The summed E-state index contributed by atoms with van der Waals surface area (Å²) in [6.07, 6.45) is 1.52. The Labute approximate surface area is 182 Å². The summed E-state index contributed by atoms with van der Waals surface area (Å²) in [5, 5.41) is 14.5. The Morgan fingerprint density at radius 1 is 1.13 bits per heavy atom. The van der Waals surface area contributed by atoms with Crippen LogP contribution in [0.15, 0.2) is 4.99 Å². The second-order valence-electron chi connectivity index (χ2n) is 8.04. The molecule has 176 valence electrons. The number of likely N-dealkylation sites (tertiary alicyclic amines) is 1. The monoisotopic (exact) mass is 441 g/mol. The van der Waals surface area contributed by atoms with E-state index in [2.05, 4.69) is 15.6 Å². The summed E-state index contributed by atoms with van der Waals surface area (Å²) in [5.41, 5.74) is 16.4. The van der Waals surface area contributed by atoms with Crippen molar-refractivity contribution >= 4 is 29.7 Å². The molecule has 1 fully saturated rings. The molecule has 4 unspecified atom stereocenters. The number of hydrogen-bond donors (Lipinski definition) is 6. The Morgan fingerprint density at radius 3 is 2.32 bits per heavy atom. The van der Waals surface area contributed by atoms with Crippen molar-refractivity contribution in [3.8, 4) is 0 Å². The van der Waals surface area contributed by atoms with Crippen LogP contribution in [0, 0.1) is 5.92 Å². The zero-order chi connectivity index (χ0) is 23.7. The molecule has 0 saturated carbocycles. The van der Waals surface area contributed by atoms with Crippen LogP contribution in [0.1, 0.15) is 46.5 Å².